The molecule has 0 radical (unpaired) electrons. The fraction of sp³-hybridized carbons (Fsp3) is 0.579. The van der Waals surface area contributed by atoms with Crippen molar-refractivity contribution in [3.8, 4) is 0 Å². The van der Waals surface area contributed by atoms with Crippen LogP contribution in [0.25, 0.3) is 0 Å². The third kappa shape index (κ3) is 4.08. The van der Waals surface area contributed by atoms with Gasteiger partial charge in [0, 0.05) is 37.1 Å². The number of allylic oxidation sites excluding steroid dienone is 1. The normalized spacial score (nSPS) is 20.5. The molecule has 24 heavy (non-hydrogen) atoms. The van der Waals surface area contributed by atoms with Gasteiger partial charge in [-0.1, -0.05) is 6.07 Å². The average Bonchev–Trinajstić information content (AvgIpc) is 3.09. The summed E-state index contributed by atoms with van der Waals surface area (Å²) in [4.78, 5) is 18.4. The van der Waals surface area contributed by atoms with Crippen LogP contribution in [0.1, 0.15) is 37.4 Å². The summed E-state index contributed by atoms with van der Waals surface area (Å²) in [5, 5.41) is 3.41. The number of esters is 1. The van der Waals surface area contributed by atoms with Crippen LogP contribution in [0.2, 0.25) is 0 Å². The molecule has 0 aromatic carbocycles. The van der Waals surface area contributed by atoms with Crippen LogP contribution in [0, 0.1) is 5.92 Å². The summed E-state index contributed by atoms with van der Waals surface area (Å²) in [5.41, 5.74) is 3.53. The van der Waals surface area contributed by atoms with Gasteiger partial charge in [0.05, 0.1) is 7.11 Å². The molecule has 1 aromatic heterocycles. The Morgan fingerprint density at radius 1 is 1.50 bits per heavy atom. The van der Waals surface area contributed by atoms with E-state index in [0.29, 0.717) is 5.92 Å². The third-order valence-corrected chi connectivity index (χ3v) is 5.07. The highest BCUT2D eigenvalue weighted by Gasteiger charge is 2.23. The first kappa shape index (κ1) is 16.8. The number of nitrogens with zero attached hydrogens (tertiary/aromatic N) is 2. The van der Waals surface area contributed by atoms with Gasteiger partial charge < -0.3 is 15.0 Å². The topological polar surface area (TPSA) is 54.5 Å². The fourth-order valence-corrected chi connectivity index (χ4v) is 3.57. The van der Waals surface area contributed by atoms with Gasteiger partial charge >= 0.3 is 5.97 Å². The van der Waals surface area contributed by atoms with Crippen molar-refractivity contribution in [2.75, 3.05) is 32.1 Å². The maximum Gasteiger partial charge on any atom is 0.332 e. The second kappa shape index (κ2) is 7.69. The third-order valence-electron chi connectivity index (χ3n) is 5.07. The van der Waals surface area contributed by atoms with Gasteiger partial charge in [0.1, 0.15) is 5.82 Å². The van der Waals surface area contributed by atoms with Crippen LogP contribution in [-0.2, 0) is 22.4 Å². The van der Waals surface area contributed by atoms with Crippen LogP contribution in [0.3, 0.4) is 0 Å². The summed E-state index contributed by atoms with van der Waals surface area (Å²) < 4.78 is 4.70. The highest BCUT2D eigenvalue weighted by molar-refractivity contribution is 5.82. The van der Waals surface area contributed by atoms with E-state index in [9.17, 15) is 4.79 Å². The van der Waals surface area contributed by atoms with Crippen LogP contribution >= 0.6 is 0 Å². The van der Waals surface area contributed by atoms with Crippen LogP contribution in [-0.4, -0.2) is 42.6 Å². The highest BCUT2D eigenvalue weighted by atomic mass is 16.5. The molecule has 2 aliphatic rings. The number of hydrogen-bond donors (Lipinski definition) is 1. The minimum Gasteiger partial charge on any atom is -0.466 e. The van der Waals surface area contributed by atoms with Gasteiger partial charge in [0.15, 0.2) is 0 Å². The molecular formula is C19H27N3O2. The minimum absolute atomic E-state index is 0.276. The molecule has 3 rings (SSSR count). The molecule has 0 unspecified atom stereocenters. The van der Waals surface area contributed by atoms with Gasteiger partial charge in [-0.15, -0.1) is 0 Å². The molecule has 0 amide bonds. The number of pyridine rings is 1. The highest BCUT2D eigenvalue weighted by Crippen LogP contribution is 2.25. The van der Waals surface area contributed by atoms with E-state index in [2.05, 4.69) is 22.3 Å². The Balaban J connectivity index is 1.51. The summed E-state index contributed by atoms with van der Waals surface area (Å²) >= 11 is 0. The zero-order chi connectivity index (χ0) is 16.9. The fourth-order valence-electron chi connectivity index (χ4n) is 3.57. The number of aromatic nitrogens is 1. The molecule has 5 heteroatoms. The Bertz CT molecular complexity index is 627. The molecular weight excluding hydrogens is 302 g/mol. The number of ether oxygens (including phenoxy) is 1. The number of anilines is 1. The van der Waals surface area contributed by atoms with Crippen molar-refractivity contribution in [3.63, 3.8) is 0 Å². The van der Waals surface area contributed by atoms with E-state index in [1.165, 1.54) is 31.2 Å². The standard InChI is InChI=1S/C19H27N3O2/c1-14(12-18(23)24-2)22-11-9-15(13-22)5-7-17-8-6-16-4-3-10-20-19(16)21-17/h6,8,12,15H,3-5,7,9-11,13H2,1-2H3,(H,20,21)/b14-12+/t15-/m1/s1. The van der Waals surface area contributed by atoms with Crippen LogP contribution in [0.15, 0.2) is 23.9 Å². The summed E-state index contributed by atoms with van der Waals surface area (Å²) in [6, 6.07) is 4.41. The van der Waals surface area contributed by atoms with E-state index < -0.39 is 0 Å². The number of likely N-dealkylation sites (tertiary alicyclic amines) is 1. The lowest BCUT2D eigenvalue weighted by molar-refractivity contribution is -0.134. The number of methoxy groups -OCH3 is 1. The zero-order valence-electron chi connectivity index (χ0n) is 14.7. The minimum atomic E-state index is -0.276. The van der Waals surface area contributed by atoms with Crippen molar-refractivity contribution in [2.45, 2.75) is 39.0 Å². The van der Waals surface area contributed by atoms with Crippen molar-refractivity contribution in [3.05, 3.63) is 35.2 Å². The molecule has 1 N–H and O–H groups in total. The van der Waals surface area contributed by atoms with Crippen molar-refractivity contribution >= 4 is 11.8 Å². The van der Waals surface area contributed by atoms with Crippen molar-refractivity contribution in [2.24, 2.45) is 5.92 Å². The van der Waals surface area contributed by atoms with Gasteiger partial charge in [-0.2, -0.15) is 0 Å². The average molecular weight is 329 g/mol. The van der Waals surface area contributed by atoms with Gasteiger partial charge in [-0.25, -0.2) is 9.78 Å². The number of fused-ring (bicyclic) bond motifs is 1. The number of aryl methyl sites for hydroxylation is 2. The number of rotatable bonds is 5. The zero-order valence-corrected chi connectivity index (χ0v) is 14.7. The molecule has 1 atom stereocenters. The molecule has 0 bridgehead atoms. The van der Waals surface area contributed by atoms with E-state index >= 15 is 0 Å². The number of carbonyl (C=O) groups is 1. The van der Waals surface area contributed by atoms with E-state index in [1.807, 2.05) is 6.92 Å². The molecule has 1 fully saturated rings. The van der Waals surface area contributed by atoms with E-state index in [-0.39, 0.29) is 5.97 Å². The summed E-state index contributed by atoms with van der Waals surface area (Å²) in [6.45, 7) is 5.05. The van der Waals surface area contributed by atoms with Crippen LogP contribution < -0.4 is 5.32 Å². The first-order chi connectivity index (χ1) is 11.7. The Hall–Kier alpha value is -2.04. The smallest absolute Gasteiger partial charge is 0.332 e. The van der Waals surface area contributed by atoms with Crippen molar-refractivity contribution in [1.82, 2.24) is 9.88 Å². The van der Waals surface area contributed by atoms with Crippen LogP contribution in [0.4, 0.5) is 5.82 Å². The Labute approximate surface area is 144 Å². The number of hydrogen-bond acceptors (Lipinski definition) is 5. The molecule has 1 aromatic rings. The SMILES string of the molecule is COC(=O)/C=C(\C)N1CC[C@@H](CCc2ccc3c(n2)NCCC3)C1. The van der Waals surface area contributed by atoms with Crippen molar-refractivity contribution in [1.29, 1.82) is 0 Å². The van der Waals surface area contributed by atoms with E-state index in [1.54, 1.807) is 6.08 Å². The molecule has 1 saturated heterocycles. The van der Waals surface area contributed by atoms with Crippen LogP contribution in [0.5, 0.6) is 0 Å². The monoisotopic (exact) mass is 329 g/mol. The summed E-state index contributed by atoms with van der Waals surface area (Å²) in [5.74, 6) is 1.47. The Morgan fingerprint density at radius 2 is 2.38 bits per heavy atom. The lowest BCUT2D eigenvalue weighted by Gasteiger charge is -2.19. The molecule has 0 aliphatic carbocycles. The predicted molar refractivity (Wildman–Crippen MR) is 94.8 cm³/mol. The van der Waals surface area contributed by atoms with Gasteiger partial charge in [-0.05, 0) is 56.6 Å². The lowest BCUT2D eigenvalue weighted by atomic mass is 10.00. The number of carbonyl (C=O) groups excluding carboxylic acids is 1. The molecule has 2 aliphatic heterocycles. The quantitative estimate of drug-likeness (QED) is 0.665. The maximum absolute atomic E-state index is 11.3. The second-order valence-electron chi connectivity index (χ2n) is 6.79. The van der Waals surface area contributed by atoms with Gasteiger partial charge in [0.25, 0.3) is 0 Å². The largest absolute Gasteiger partial charge is 0.466 e. The first-order valence-electron chi connectivity index (χ1n) is 8.89. The lowest BCUT2D eigenvalue weighted by Crippen LogP contribution is -2.19. The molecule has 0 saturated carbocycles. The van der Waals surface area contributed by atoms with Gasteiger partial charge in [-0.3, -0.25) is 0 Å². The molecule has 3 heterocycles. The maximum atomic E-state index is 11.3. The second-order valence-corrected chi connectivity index (χ2v) is 6.79. The summed E-state index contributed by atoms with van der Waals surface area (Å²) in [7, 11) is 1.42. The molecule has 0 spiro atoms. The molecule has 5 nitrogen and oxygen atoms in total. The Morgan fingerprint density at radius 3 is 3.21 bits per heavy atom. The van der Waals surface area contributed by atoms with E-state index in [4.69, 9.17) is 9.72 Å². The molecule has 130 valence electrons. The number of nitrogens with one attached hydrogen (secondary N) is 1. The Kier molecular flexibility index (Phi) is 5.38. The van der Waals surface area contributed by atoms with Gasteiger partial charge in [0.2, 0.25) is 0 Å². The van der Waals surface area contributed by atoms with E-state index in [0.717, 1.165) is 50.4 Å². The van der Waals surface area contributed by atoms with Crippen molar-refractivity contribution < 1.29 is 9.53 Å². The predicted octanol–water partition coefficient (Wildman–Crippen LogP) is 2.77. The first-order valence-corrected chi connectivity index (χ1v) is 8.89. The summed E-state index contributed by atoms with van der Waals surface area (Å²) in [6.07, 6.45) is 7.26.